The molecule has 0 aliphatic heterocycles. The highest BCUT2D eigenvalue weighted by atomic mass is 16.5. The van der Waals surface area contributed by atoms with Gasteiger partial charge in [0.25, 0.3) is 0 Å². The molecule has 0 spiro atoms. The third-order valence-electron chi connectivity index (χ3n) is 2.61. The van der Waals surface area contributed by atoms with Crippen molar-refractivity contribution in [3.05, 3.63) is 23.5 Å². The molecule has 0 bridgehead atoms. The topological polar surface area (TPSA) is 26.2 Å². The molecular formula is C12H22N2O. The van der Waals surface area contributed by atoms with Crippen LogP contribution in [0.15, 0.2) is 12.1 Å². The Hall–Kier alpha value is -0.800. The van der Waals surface area contributed by atoms with E-state index in [9.17, 15) is 0 Å². The first kappa shape index (κ1) is 12.3. The maximum atomic E-state index is 5.00. The van der Waals surface area contributed by atoms with Crippen molar-refractivity contribution < 1.29 is 4.74 Å². The molecule has 86 valence electrons. The average molecular weight is 210 g/mol. The Kier molecular flexibility index (Phi) is 5.43. The summed E-state index contributed by atoms with van der Waals surface area (Å²) in [6.07, 6.45) is 1.07. The molecule has 1 rings (SSSR count). The zero-order valence-corrected chi connectivity index (χ0v) is 10.0. The van der Waals surface area contributed by atoms with E-state index in [-0.39, 0.29) is 0 Å². The van der Waals surface area contributed by atoms with E-state index in [0.29, 0.717) is 0 Å². The number of aromatic nitrogens is 1. The van der Waals surface area contributed by atoms with Gasteiger partial charge >= 0.3 is 0 Å². The number of ether oxygens (including phenoxy) is 1. The number of nitrogens with one attached hydrogen (secondary N) is 1. The van der Waals surface area contributed by atoms with E-state index in [1.165, 1.54) is 11.4 Å². The van der Waals surface area contributed by atoms with E-state index in [0.717, 1.165) is 32.7 Å². The highest BCUT2D eigenvalue weighted by molar-refractivity contribution is 5.14. The third kappa shape index (κ3) is 3.68. The summed E-state index contributed by atoms with van der Waals surface area (Å²) in [5.74, 6) is 0. The summed E-state index contributed by atoms with van der Waals surface area (Å²) in [5, 5.41) is 3.42. The zero-order valence-electron chi connectivity index (χ0n) is 10.0. The van der Waals surface area contributed by atoms with Gasteiger partial charge in [0, 0.05) is 38.2 Å². The minimum Gasteiger partial charge on any atom is -0.385 e. The molecule has 0 saturated heterocycles. The molecule has 3 heteroatoms. The fourth-order valence-corrected chi connectivity index (χ4v) is 1.79. The second kappa shape index (κ2) is 6.64. The van der Waals surface area contributed by atoms with Crippen LogP contribution in [0.4, 0.5) is 0 Å². The molecule has 0 fully saturated rings. The summed E-state index contributed by atoms with van der Waals surface area (Å²) in [7, 11) is 1.74. The second-order valence-corrected chi connectivity index (χ2v) is 3.73. The van der Waals surface area contributed by atoms with Crippen LogP contribution in [0.25, 0.3) is 0 Å². The highest BCUT2D eigenvalue weighted by Gasteiger charge is 2.01. The fourth-order valence-electron chi connectivity index (χ4n) is 1.79. The van der Waals surface area contributed by atoms with Gasteiger partial charge in [-0.05, 0) is 38.9 Å². The van der Waals surface area contributed by atoms with Gasteiger partial charge in [0.05, 0.1) is 0 Å². The average Bonchev–Trinajstić information content (AvgIpc) is 2.59. The van der Waals surface area contributed by atoms with Crippen molar-refractivity contribution in [1.82, 2.24) is 9.88 Å². The van der Waals surface area contributed by atoms with Gasteiger partial charge < -0.3 is 14.6 Å². The Balaban J connectivity index is 2.30. The van der Waals surface area contributed by atoms with Crippen LogP contribution in [-0.2, 0) is 17.8 Å². The van der Waals surface area contributed by atoms with E-state index >= 15 is 0 Å². The van der Waals surface area contributed by atoms with Crippen LogP contribution < -0.4 is 5.32 Å². The minimum atomic E-state index is 0.834. The number of rotatable bonds is 7. The van der Waals surface area contributed by atoms with Gasteiger partial charge in [-0.2, -0.15) is 0 Å². The number of methoxy groups -OCH3 is 1. The third-order valence-corrected chi connectivity index (χ3v) is 2.61. The van der Waals surface area contributed by atoms with Gasteiger partial charge in [0.15, 0.2) is 0 Å². The molecule has 3 nitrogen and oxygen atoms in total. The van der Waals surface area contributed by atoms with Gasteiger partial charge in [-0.15, -0.1) is 0 Å². The molecule has 0 saturated carbocycles. The monoisotopic (exact) mass is 210 g/mol. The SMILES string of the molecule is CCn1c(C)ccc1CNCCCOC. The lowest BCUT2D eigenvalue weighted by Crippen LogP contribution is -2.18. The van der Waals surface area contributed by atoms with Gasteiger partial charge in [0.2, 0.25) is 0 Å². The van der Waals surface area contributed by atoms with E-state index in [1.54, 1.807) is 7.11 Å². The van der Waals surface area contributed by atoms with Crippen molar-refractivity contribution in [3.8, 4) is 0 Å². The first-order valence-electron chi connectivity index (χ1n) is 5.64. The largest absolute Gasteiger partial charge is 0.385 e. The molecule has 0 aliphatic rings. The molecule has 0 aromatic carbocycles. The van der Waals surface area contributed by atoms with Gasteiger partial charge in [-0.25, -0.2) is 0 Å². The first-order valence-corrected chi connectivity index (χ1v) is 5.64. The molecule has 1 aromatic heterocycles. The quantitative estimate of drug-likeness (QED) is 0.696. The normalized spacial score (nSPS) is 10.9. The Morgan fingerprint density at radius 2 is 2.20 bits per heavy atom. The van der Waals surface area contributed by atoms with Crippen LogP contribution in [-0.4, -0.2) is 24.8 Å². The van der Waals surface area contributed by atoms with Crippen LogP contribution in [0.3, 0.4) is 0 Å². The Labute approximate surface area is 92.4 Å². The van der Waals surface area contributed by atoms with Crippen molar-refractivity contribution >= 4 is 0 Å². The number of aryl methyl sites for hydroxylation is 1. The summed E-state index contributed by atoms with van der Waals surface area (Å²) in [6.45, 7) is 8.18. The van der Waals surface area contributed by atoms with Crippen molar-refractivity contribution in [2.75, 3.05) is 20.3 Å². The summed E-state index contributed by atoms with van der Waals surface area (Å²) in [6, 6.07) is 4.37. The maximum absolute atomic E-state index is 5.00. The van der Waals surface area contributed by atoms with Crippen LogP contribution in [0.2, 0.25) is 0 Å². The molecule has 1 aromatic rings. The Morgan fingerprint density at radius 1 is 1.40 bits per heavy atom. The first-order chi connectivity index (χ1) is 7.29. The molecule has 1 N–H and O–H groups in total. The minimum absolute atomic E-state index is 0.834. The molecule has 0 radical (unpaired) electrons. The van der Waals surface area contributed by atoms with Crippen molar-refractivity contribution in [2.24, 2.45) is 0 Å². The van der Waals surface area contributed by atoms with Crippen LogP contribution >= 0.6 is 0 Å². The lowest BCUT2D eigenvalue weighted by Gasteiger charge is -2.09. The Morgan fingerprint density at radius 3 is 2.87 bits per heavy atom. The molecule has 0 aliphatic carbocycles. The predicted molar refractivity (Wildman–Crippen MR) is 63.0 cm³/mol. The predicted octanol–water partition coefficient (Wildman–Crippen LogP) is 1.94. The number of nitrogens with zero attached hydrogens (tertiary/aromatic N) is 1. The number of hydrogen-bond donors (Lipinski definition) is 1. The number of hydrogen-bond acceptors (Lipinski definition) is 2. The molecule has 0 unspecified atom stereocenters. The summed E-state index contributed by atoms with van der Waals surface area (Å²) < 4.78 is 7.33. The maximum Gasteiger partial charge on any atom is 0.0474 e. The summed E-state index contributed by atoms with van der Waals surface area (Å²) >= 11 is 0. The lowest BCUT2D eigenvalue weighted by molar-refractivity contribution is 0.194. The second-order valence-electron chi connectivity index (χ2n) is 3.73. The van der Waals surface area contributed by atoms with Gasteiger partial charge in [-0.1, -0.05) is 0 Å². The molecule has 1 heterocycles. The van der Waals surface area contributed by atoms with E-state index < -0.39 is 0 Å². The lowest BCUT2D eigenvalue weighted by atomic mass is 10.4. The molecule has 0 amide bonds. The van der Waals surface area contributed by atoms with E-state index in [4.69, 9.17) is 4.74 Å². The van der Waals surface area contributed by atoms with Crippen molar-refractivity contribution in [3.63, 3.8) is 0 Å². The van der Waals surface area contributed by atoms with Crippen LogP contribution in [0.1, 0.15) is 24.7 Å². The van der Waals surface area contributed by atoms with Crippen molar-refractivity contribution in [2.45, 2.75) is 33.4 Å². The molecule has 15 heavy (non-hydrogen) atoms. The van der Waals surface area contributed by atoms with Gasteiger partial charge in [-0.3, -0.25) is 0 Å². The fraction of sp³-hybridized carbons (Fsp3) is 0.667. The van der Waals surface area contributed by atoms with Crippen LogP contribution in [0.5, 0.6) is 0 Å². The standard InChI is InChI=1S/C12H22N2O/c1-4-14-11(2)6-7-12(14)10-13-8-5-9-15-3/h6-7,13H,4-5,8-10H2,1-3H3. The van der Waals surface area contributed by atoms with Crippen LogP contribution in [0, 0.1) is 6.92 Å². The van der Waals surface area contributed by atoms with E-state index in [1.807, 2.05) is 0 Å². The summed E-state index contributed by atoms with van der Waals surface area (Å²) in [5.41, 5.74) is 2.71. The zero-order chi connectivity index (χ0) is 11.1. The molecular weight excluding hydrogens is 188 g/mol. The summed E-state index contributed by atoms with van der Waals surface area (Å²) in [4.78, 5) is 0. The molecule has 0 atom stereocenters. The van der Waals surface area contributed by atoms with E-state index in [2.05, 4.69) is 35.9 Å². The highest BCUT2D eigenvalue weighted by Crippen LogP contribution is 2.07. The van der Waals surface area contributed by atoms with Gasteiger partial charge in [0.1, 0.15) is 0 Å². The Bertz CT molecular complexity index is 281. The van der Waals surface area contributed by atoms with Crippen molar-refractivity contribution in [1.29, 1.82) is 0 Å². The smallest absolute Gasteiger partial charge is 0.0474 e.